The maximum absolute atomic E-state index is 12.2. The van der Waals surface area contributed by atoms with E-state index in [4.69, 9.17) is 16.6 Å². The summed E-state index contributed by atoms with van der Waals surface area (Å²) >= 11 is 3.95. The van der Waals surface area contributed by atoms with Crippen LogP contribution < -0.4 is 16.8 Å². The highest BCUT2D eigenvalue weighted by atomic mass is 32.1. The number of aliphatic carboxylic acids is 1. The molecule has 0 aromatic heterocycles. The van der Waals surface area contributed by atoms with Crippen LogP contribution in [0.1, 0.15) is 19.3 Å². The van der Waals surface area contributed by atoms with E-state index in [1.165, 1.54) is 4.90 Å². The lowest BCUT2D eigenvalue weighted by molar-refractivity contribution is -0.145. The van der Waals surface area contributed by atoms with Crippen LogP contribution in [0.2, 0.25) is 0 Å². The number of thiol groups is 1. The van der Waals surface area contributed by atoms with Gasteiger partial charge >= 0.3 is 5.97 Å². The van der Waals surface area contributed by atoms with E-state index in [1.807, 2.05) is 0 Å². The molecular weight excluding hydrogens is 312 g/mol. The molecular formula is C12H20N4O5S. The lowest BCUT2D eigenvalue weighted by Gasteiger charge is -2.27. The molecule has 1 heterocycles. The highest BCUT2D eigenvalue weighted by molar-refractivity contribution is 7.80. The van der Waals surface area contributed by atoms with E-state index in [2.05, 4.69) is 17.9 Å². The van der Waals surface area contributed by atoms with E-state index >= 15 is 0 Å². The molecule has 0 saturated carbocycles. The molecule has 3 unspecified atom stereocenters. The van der Waals surface area contributed by atoms with Gasteiger partial charge in [0.05, 0.1) is 12.5 Å². The van der Waals surface area contributed by atoms with E-state index in [-0.39, 0.29) is 5.75 Å². The monoisotopic (exact) mass is 332 g/mol. The summed E-state index contributed by atoms with van der Waals surface area (Å²) in [5.41, 5.74) is 10.6. The fourth-order valence-electron chi connectivity index (χ4n) is 2.26. The third-order valence-corrected chi connectivity index (χ3v) is 3.77. The van der Waals surface area contributed by atoms with Crippen LogP contribution in [0.3, 0.4) is 0 Å². The Morgan fingerprint density at radius 3 is 2.50 bits per heavy atom. The highest BCUT2D eigenvalue weighted by Gasteiger charge is 2.37. The second-order valence-corrected chi connectivity index (χ2v) is 5.41. The molecule has 10 heteroatoms. The minimum Gasteiger partial charge on any atom is -0.480 e. The van der Waals surface area contributed by atoms with Gasteiger partial charge in [0.1, 0.15) is 12.1 Å². The molecule has 3 amide bonds. The SMILES string of the molecule is NC(=O)CC(NC(=O)C1CCCN1C(=O)C(N)CS)C(=O)O. The summed E-state index contributed by atoms with van der Waals surface area (Å²) in [6, 6.07) is -3.04. The summed E-state index contributed by atoms with van der Waals surface area (Å²) in [5.74, 6) is -3.11. The zero-order valence-electron chi connectivity index (χ0n) is 11.9. The molecule has 22 heavy (non-hydrogen) atoms. The minimum absolute atomic E-state index is 0.142. The second kappa shape index (κ2) is 7.99. The molecule has 3 atom stereocenters. The molecule has 0 spiro atoms. The van der Waals surface area contributed by atoms with E-state index in [0.29, 0.717) is 19.4 Å². The quantitative estimate of drug-likeness (QED) is 0.329. The molecule has 1 saturated heterocycles. The van der Waals surface area contributed by atoms with Crippen molar-refractivity contribution in [1.29, 1.82) is 0 Å². The highest BCUT2D eigenvalue weighted by Crippen LogP contribution is 2.18. The number of carbonyl (C=O) groups excluding carboxylic acids is 3. The van der Waals surface area contributed by atoms with Gasteiger partial charge in [-0.15, -0.1) is 0 Å². The van der Waals surface area contributed by atoms with Gasteiger partial charge in [-0.2, -0.15) is 12.6 Å². The Morgan fingerprint density at radius 1 is 1.36 bits per heavy atom. The first-order valence-corrected chi connectivity index (χ1v) is 7.39. The molecule has 0 bridgehead atoms. The Hall–Kier alpha value is -1.81. The number of carboxylic acids is 1. The fourth-order valence-corrected chi connectivity index (χ4v) is 2.42. The number of nitrogens with one attached hydrogen (secondary N) is 1. The van der Waals surface area contributed by atoms with Gasteiger partial charge in [0, 0.05) is 12.3 Å². The summed E-state index contributed by atoms with van der Waals surface area (Å²) in [5, 5.41) is 11.2. The lowest BCUT2D eigenvalue weighted by atomic mass is 10.1. The van der Waals surface area contributed by atoms with E-state index in [1.54, 1.807) is 0 Å². The Bertz CT molecular complexity index is 472. The van der Waals surface area contributed by atoms with Crippen molar-refractivity contribution in [2.75, 3.05) is 12.3 Å². The van der Waals surface area contributed by atoms with Gasteiger partial charge in [-0.1, -0.05) is 0 Å². The third kappa shape index (κ3) is 4.60. The molecule has 0 radical (unpaired) electrons. The van der Waals surface area contributed by atoms with Crippen molar-refractivity contribution in [2.45, 2.75) is 37.4 Å². The molecule has 0 aromatic rings. The van der Waals surface area contributed by atoms with Crippen LogP contribution in [0.15, 0.2) is 0 Å². The van der Waals surface area contributed by atoms with Crippen molar-refractivity contribution in [3.63, 3.8) is 0 Å². The fraction of sp³-hybridized carbons (Fsp3) is 0.667. The van der Waals surface area contributed by atoms with Crippen LogP contribution in [0.5, 0.6) is 0 Å². The van der Waals surface area contributed by atoms with Crippen LogP contribution in [0.25, 0.3) is 0 Å². The maximum Gasteiger partial charge on any atom is 0.326 e. The molecule has 0 aliphatic carbocycles. The standard InChI is InChI=1S/C12H20N4O5S/c13-6(5-22)11(19)16-3-1-2-8(16)10(18)15-7(12(20)21)4-9(14)17/h6-8,22H,1-5,13H2,(H2,14,17)(H,15,18)(H,20,21). The van der Waals surface area contributed by atoms with E-state index < -0.39 is 48.2 Å². The van der Waals surface area contributed by atoms with Crippen molar-refractivity contribution in [3.05, 3.63) is 0 Å². The number of rotatable bonds is 7. The van der Waals surface area contributed by atoms with Crippen LogP contribution in [-0.4, -0.2) is 64.1 Å². The van der Waals surface area contributed by atoms with Crippen LogP contribution >= 0.6 is 12.6 Å². The summed E-state index contributed by atoms with van der Waals surface area (Å²) in [4.78, 5) is 47.4. The smallest absolute Gasteiger partial charge is 0.326 e. The van der Waals surface area contributed by atoms with E-state index in [9.17, 15) is 19.2 Å². The van der Waals surface area contributed by atoms with Gasteiger partial charge in [-0.05, 0) is 12.8 Å². The number of amides is 3. The summed E-state index contributed by atoms with van der Waals surface area (Å²) in [6.07, 6.45) is 0.494. The first kappa shape index (κ1) is 18.2. The maximum atomic E-state index is 12.2. The minimum atomic E-state index is -1.42. The molecule has 1 rings (SSSR count). The summed E-state index contributed by atoms with van der Waals surface area (Å²) in [7, 11) is 0. The Balaban J connectivity index is 2.76. The van der Waals surface area contributed by atoms with E-state index in [0.717, 1.165) is 0 Å². The number of carbonyl (C=O) groups is 4. The normalized spacial score (nSPS) is 20.3. The Labute approximate surface area is 132 Å². The zero-order valence-corrected chi connectivity index (χ0v) is 12.8. The Kier molecular flexibility index (Phi) is 6.62. The molecule has 0 aromatic carbocycles. The number of hydrogen-bond acceptors (Lipinski definition) is 6. The summed E-state index contributed by atoms with van der Waals surface area (Å²) in [6.45, 7) is 0.367. The van der Waals surface area contributed by atoms with Gasteiger partial charge < -0.3 is 26.8 Å². The van der Waals surface area contributed by atoms with Crippen LogP contribution in [0, 0.1) is 0 Å². The predicted molar refractivity (Wildman–Crippen MR) is 79.9 cm³/mol. The predicted octanol–water partition coefficient (Wildman–Crippen LogP) is -2.32. The number of nitrogens with zero attached hydrogens (tertiary/aromatic N) is 1. The topological polar surface area (TPSA) is 156 Å². The third-order valence-electron chi connectivity index (χ3n) is 3.37. The molecule has 1 aliphatic heterocycles. The number of carboxylic acid groups (broad SMARTS) is 1. The molecule has 1 aliphatic rings. The van der Waals surface area contributed by atoms with Gasteiger partial charge in [-0.3, -0.25) is 14.4 Å². The van der Waals surface area contributed by atoms with Crippen LogP contribution in [-0.2, 0) is 19.2 Å². The van der Waals surface area contributed by atoms with Crippen molar-refractivity contribution in [2.24, 2.45) is 11.5 Å². The first-order valence-electron chi connectivity index (χ1n) is 6.76. The van der Waals surface area contributed by atoms with Crippen LogP contribution in [0.4, 0.5) is 0 Å². The molecule has 9 nitrogen and oxygen atoms in total. The lowest BCUT2D eigenvalue weighted by Crippen LogP contribution is -2.54. The second-order valence-electron chi connectivity index (χ2n) is 5.05. The number of hydrogen-bond donors (Lipinski definition) is 5. The first-order chi connectivity index (χ1) is 10.3. The van der Waals surface area contributed by atoms with Gasteiger partial charge in [0.25, 0.3) is 0 Å². The molecule has 124 valence electrons. The number of primary amides is 1. The van der Waals surface area contributed by atoms with Gasteiger partial charge in [0.15, 0.2) is 0 Å². The Morgan fingerprint density at radius 2 is 2.00 bits per heavy atom. The number of nitrogens with two attached hydrogens (primary N) is 2. The van der Waals surface area contributed by atoms with Crippen molar-refractivity contribution < 1.29 is 24.3 Å². The average molecular weight is 332 g/mol. The zero-order chi connectivity index (χ0) is 16.9. The van der Waals surface area contributed by atoms with Gasteiger partial charge in [0.2, 0.25) is 17.7 Å². The van der Waals surface area contributed by atoms with Crippen molar-refractivity contribution in [1.82, 2.24) is 10.2 Å². The van der Waals surface area contributed by atoms with Gasteiger partial charge in [-0.25, -0.2) is 4.79 Å². The number of likely N-dealkylation sites (tertiary alicyclic amines) is 1. The van der Waals surface area contributed by atoms with Crippen molar-refractivity contribution >= 4 is 36.3 Å². The molecule has 6 N–H and O–H groups in total. The van der Waals surface area contributed by atoms with Crippen molar-refractivity contribution in [3.8, 4) is 0 Å². The largest absolute Gasteiger partial charge is 0.480 e. The molecule has 1 fully saturated rings. The summed E-state index contributed by atoms with van der Waals surface area (Å²) < 4.78 is 0. The average Bonchev–Trinajstić information content (AvgIpc) is 2.93.